The fraction of sp³-hybridized carbons (Fsp3) is 1.00. The third kappa shape index (κ3) is 1.95. The second-order valence-electron chi connectivity index (χ2n) is 3.05. The van der Waals surface area contributed by atoms with Gasteiger partial charge in [-0.1, -0.05) is 0 Å². The van der Waals surface area contributed by atoms with Gasteiger partial charge in [-0.15, -0.1) is 0 Å². The summed E-state index contributed by atoms with van der Waals surface area (Å²) < 4.78 is 22.1. The number of hydrogen-bond donors (Lipinski definition) is 1. The molecule has 0 aromatic rings. The number of rotatable bonds is 0. The molecule has 1 aliphatic heterocycles. The van der Waals surface area contributed by atoms with E-state index in [9.17, 15) is 8.42 Å². The van der Waals surface area contributed by atoms with Crippen LogP contribution in [0.1, 0.15) is 13.8 Å². The molecule has 1 saturated heterocycles. The normalized spacial score (nSPS) is 39.4. The van der Waals surface area contributed by atoms with Crippen LogP contribution in [0.2, 0.25) is 0 Å². The minimum atomic E-state index is -2.74. The molecule has 0 bridgehead atoms. The maximum absolute atomic E-state index is 11.0. The first-order valence-corrected chi connectivity index (χ1v) is 5.28. The van der Waals surface area contributed by atoms with E-state index in [1.54, 1.807) is 0 Å². The molecular formula is C6H13NO2S. The lowest BCUT2D eigenvalue weighted by Gasteiger charge is -2.25. The van der Waals surface area contributed by atoms with Crippen LogP contribution in [-0.2, 0) is 9.84 Å². The van der Waals surface area contributed by atoms with Crippen molar-refractivity contribution in [3.63, 3.8) is 0 Å². The number of nitrogens with one attached hydrogen (secondary N) is 1. The summed E-state index contributed by atoms with van der Waals surface area (Å²) in [7, 11) is -2.74. The first-order chi connectivity index (χ1) is 4.49. The van der Waals surface area contributed by atoms with Gasteiger partial charge in [0, 0.05) is 12.1 Å². The summed E-state index contributed by atoms with van der Waals surface area (Å²) in [4.78, 5) is 0. The van der Waals surface area contributed by atoms with Crippen LogP contribution in [0.25, 0.3) is 0 Å². The van der Waals surface area contributed by atoms with Gasteiger partial charge in [0.2, 0.25) is 0 Å². The van der Waals surface area contributed by atoms with Crippen molar-refractivity contribution in [1.82, 2.24) is 5.32 Å². The molecule has 0 amide bonds. The van der Waals surface area contributed by atoms with E-state index in [4.69, 9.17) is 0 Å². The van der Waals surface area contributed by atoms with Crippen molar-refractivity contribution in [2.24, 2.45) is 0 Å². The van der Waals surface area contributed by atoms with E-state index in [2.05, 4.69) is 5.32 Å². The lowest BCUT2D eigenvalue weighted by Crippen LogP contribution is -2.48. The molecule has 1 aliphatic rings. The van der Waals surface area contributed by atoms with Gasteiger partial charge in [0.05, 0.1) is 11.5 Å². The van der Waals surface area contributed by atoms with Crippen molar-refractivity contribution >= 4 is 9.84 Å². The Balaban J connectivity index is 2.69. The van der Waals surface area contributed by atoms with Crippen molar-refractivity contribution < 1.29 is 8.42 Å². The predicted octanol–water partition coefficient (Wildman–Crippen LogP) is -0.219. The molecule has 0 aromatic carbocycles. The molecule has 1 rings (SSSR count). The van der Waals surface area contributed by atoms with E-state index in [0.717, 1.165) is 0 Å². The van der Waals surface area contributed by atoms with Crippen molar-refractivity contribution in [3.8, 4) is 0 Å². The second-order valence-corrected chi connectivity index (χ2v) is 5.20. The Hall–Kier alpha value is -0.0900. The summed E-state index contributed by atoms with van der Waals surface area (Å²) in [6, 6.07) is 0.238. The molecule has 1 heterocycles. The highest BCUT2D eigenvalue weighted by molar-refractivity contribution is 7.91. The third-order valence-corrected chi connectivity index (χ3v) is 3.59. The topological polar surface area (TPSA) is 46.2 Å². The molecule has 10 heavy (non-hydrogen) atoms. The lowest BCUT2D eigenvalue weighted by atomic mass is 10.3. The van der Waals surface area contributed by atoms with Gasteiger partial charge in [0.15, 0.2) is 9.84 Å². The van der Waals surface area contributed by atoms with Crippen molar-refractivity contribution in [2.45, 2.75) is 25.9 Å². The molecule has 1 fully saturated rings. The highest BCUT2D eigenvalue weighted by atomic mass is 32.2. The van der Waals surface area contributed by atoms with Gasteiger partial charge >= 0.3 is 0 Å². The van der Waals surface area contributed by atoms with Crippen LogP contribution in [0, 0.1) is 0 Å². The first-order valence-electron chi connectivity index (χ1n) is 3.46. The quantitative estimate of drug-likeness (QED) is 0.537. The molecule has 0 radical (unpaired) electrons. The van der Waals surface area contributed by atoms with E-state index < -0.39 is 9.84 Å². The lowest BCUT2D eigenvalue weighted by molar-refractivity contribution is 0.478. The summed E-state index contributed by atoms with van der Waals surface area (Å²) >= 11 is 0. The largest absolute Gasteiger partial charge is 0.310 e. The monoisotopic (exact) mass is 163 g/mol. The summed E-state index contributed by atoms with van der Waals surface area (Å²) in [6.45, 7) is 3.79. The SMILES string of the molecule is C[C@@H]1CS(=O)(=O)C[C@H](C)N1. The van der Waals surface area contributed by atoms with Crippen LogP contribution < -0.4 is 5.32 Å². The smallest absolute Gasteiger partial charge is 0.153 e. The Kier molecular flexibility index (Phi) is 2.01. The van der Waals surface area contributed by atoms with Gasteiger partial charge in [0.25, 0.3) is 0 Å². The molecule has 0 spiro atoms. The average molecular weight is 163 g/mol. The van der Waals surface area contributed by atoms with E-state index >= 15 is 0 Å². The van der Waals surface area contributed by atoms with Gasteiger partial charge in [-0.2, -0.15) is 0 Å². The predicted molar refractivity (Wildman–Crippen MR) is 40.7 cm³/mol. The van der Waals surface area contributed by atoms with E-state index in [1.165, 1.54) is 0 Å². The van der Waals surface area contributed by atoms with Gasteiger partial charge in [0.1, 0.15) is 0 Å². The third-order valence-electron chi connectivity index (χ3n) is 1.58. The van der Waals surface area contributed by atoms with Gasteiger partial charge in [-0.3, -0.25) is 0 Å². The fourth-order valence-electron chi connectivity index (χ4n) is 1.41. The summed E-state index contributed by atoms with van der Waals surface area (Å²) in [6.07, 6.45) is 0. The van der Waals surface area contributed by atoms with Gasteiger partial charge in [-0.05, 0) is 13.8 Å². The zero-order valence-electron chi connectivity index (χ0n) is 6.29. The molecule has 0 aliphatic carbocycles. The maximum Gasteiger partial charge on any atom is 0.153 e. The Labute approximate surface area is 61.7 Å². The van der Waals surface area contributed by atoms with Crippen molar-refractivity contribution in [1.29, 1.82) is 0 Å². The van der Waals surface area contributed by atoms with Crippen molar-refractivity contribution in [3.05, 3.63) is 0 Å². The Morgan fingerprint density at radius 2 is 1.60 bits per heavy atom. The molecule has 0 saturated carbocycles. The minimum absolute atomic E-state index is 0.119. The molecule has 60 valence electrons. The van der Waals surface area contributed by atoms with Crippen LogP contribution in [0.15, 0.2) is 0 Å². The van der Waals surface area contributed by atoms with Gasteiger partial charge < -0.3 is 5.32 Å². The molecular weight excluding hydrogens is 150 g/mol. The summed E-state index contributed by atoms with van der Waals surface area (Å²) in [5.41, 5.74) is 0. The first kappa shape index (κ1) is 8.01. The molecule has 2 atom stereocenters. The molecule has 0 aromatic heterocycles. The Morgan fingerprint density at radius 3 is 1.90 bits per heavy atom. The molecule has 4 heteroatoms. The van der Waals surface area contributed by atoms with E-state index in [-0.39, 0.29) is 23.6 Å². The maximum atomic E-state index is 11.0. The van der Waals surface area contributed by atoms with Crippen LogP contribution in [0.4, 0.5) is 0 Å². The van der Waals surface area contributed by atoms with Crippen LogP contribution >= 0.6 is 0 Å². The van der Waals surface area contributed by atoms with Crippen LogP contribution in [0.3, 0.4) is 0 Å². The zero-order chi connectivity index (χ0) is 7.78. The molecule has 0 unspecified atom stereocenters. The highest BCUT2D eigenvalue weighted by Gasteiger charge is 2.25. The van der Waals surface area contributed by atoms with E-state index in [0.29, 0.717) is 0 Å². The Bertz CT molecular complexity index is 194. The second kappa shape index (κ2) is 2.51. The summed E-state index contributed by atoms with van der Waals surface area (Å²) in [5.74, 6) is 0.578. The Morgan fingerprint density at radius 1 is 1.20 bits per heavy atom. The summed E-state index contributed by atoms with van der Waals surface area (Å²) in [5, 5.41) is 3.16. The van der Waals surface area contributed by atoms with Gasteiger partial charge in [-0.25, -0.2) is 8.42 Å². The van der Waals surface area contributed by atoms with Crippen LogP contribution in [0.5, 0.6) is 0 Å². The number of hydrogen-bond acceptors (Lipinski definition) is 3. The standard InChI is InChI=1S/C6H13NO2S/c1-5-3-10(8,9)4-6(2)7-5/h5-7H,3-4H2,1-2H3/t5-,6+. The fourth-order valence-corrected chi connectivity index (χ4v) is 3.26. The zero-order valence-corrected chi connectivity index (χ0v) is 7.11. The van der Waals surface area contributed by atoms with E-state index in [1.807, 2.05) is 13.8 Å². The average Bonchev–Trinajstić information content (AvgIpc) is 1.54. The van der Waals surface area contributed by atoms with Crippen molar-refractivity contribution in [2.75, 3.05) is 11.5 Å². The van der Waals surface area contributed by atoms with Crippen LogP contribution in [-0.4, -0.2) is 32.0 Å². The molecule has 1 N–H and O–H groups in total. The minimum Gasteiger partial charge on any atom is -0.310 e. The molecule has 3 nitrogen and oxygen atoms in total. The highest BCUT2D eigenvalue weighted by Crippen LogP contribution is 2.05. The number of sulfone groups is 1.